The normalized spacial score (nSPS) is 11.1. The molecule has 1 amide bonds. The maximum atomic E-state index is 12.4. The fourth-order valence-corrected chi connectivity index (χ4v) is 2.77. The van der Waals surface area contributed by atoms with E-state index >= 15 is 0 Å². The molecule has 0 fully saturated rings. The fraction of sp³-hybridized carbons (Fsp3) is 0.444. The minimum Gasteiger partial charge on any atom is -0.328 e. The highest BCUT2D eigenvalue weighted by Crippen LogP contribution is 2.28. The molecule has 4 heteroatoms. The minimum atomic E-state index is 0.0696. The van der Waals surface area contributed by atoms with Gasteiger partial charge in [-0.15, -0.1) is 0 Å². The second-order valence-electron chi connectivity index (χ2n) is 5.61. The molecule has 0 bridgehead atoms. The van der Waals surface area contributed by atoms with E-state index in [9.17, 15) is 4.79 Å². The number of amides is 1. The highest BCUT2D eigenvalue weighted by molar-refractivity contribution is 6.02. The number of aromatic nitrogens is 1. The van der Waals surface area contributed by atoms with Gasteiger partial charge in [-0.3, -0.25) is 9.78 Å². The zero-order valence-electron chi connectivity index (χ0n) is 14.0. The highest BCUT2D eigenvalue weighted by Gasteiger charge is 2.16. The summed E-state index contributed by atoms with van der Waals surface area (Å²) >= 11 is 0. The summed E-state index contributed by atoms with van der Waals surface area (Å²) in [6.07, 6.45) is 0.862. The van der Waals surface area contributed by atoms with Crippen LogP contribution in [0, 0.1) is 6.92 Å². The zero-order valence-corrected chi connectivity index (χ0v) is 14.0. The number of hydrogen-bond donors (Lipinski definition) is 2. The fourth-order valence-electron chi connectivity index (χ4n) is 2.77. The lowest BCUT2D eigenvalue weighted by Crippen LogP contribution is -3.12. The number of nitrogens with zero attached hydrogens (tertiary/aromatic N) is 1. The van der Waals surface area contributed by atoms with Gasteiger partial charge in [0.1, 0.15) is 0 Å². The predicted molar refractivity (Wildman–Crippen MR) is 91.4 cm³/mol. The smallest absolute Gasteiger partial charge is 0.279 e. The van der Waals surface area contributed by atoms with Crippen LogP contribution in [-0.2, 0) is 11.2 Å². The maximum Gasteiger partial charge on any atom is 0.279 e. The van der Waals surface area contributed by atoms with E-state index in [1.165, 1.54) is 4.90 Å². The number of carbonyl (C=O) groups is 1. The van der Waals surface area contributed by atoms with Crippen molar-refractivity contribution in [2.24, 2.45) is 0 Å². The van der Waals surface area contributed by atoms with Crippen molar-refractivity contribution in [1.82, 2.24) is 4.98 Å². The van der Waals surface area contributed by atoms with E-state index in [2.05, 4.69) is 26.1 Å². The number of rotatable bonds is 6. The molecule has 1 aromatic carbocycles. The Morgan fingerprint density at radius 1 is 1.18 bits per heavy atom. The molecular weight excluding hydrogens is 274 g/mol. The number of nitrogens with one attached hydrogen (secondary N) is 2. The Morgan fingerprint density at radius 2 is 1.86 bits per heavy atom. The third-order valence-corrected chi connectivity index (χ3v) is 4.25. The molecule has 118 valence electrons. The Morgan fingerprint density at radius 3 is 2.50 bits per heavy atom. The predicted octanol–water partition coefficient (Wildman–Crippen LogP) is 1.97. The van der Waals surface area contributed by atoms with E-state index in [0.717, 1.165) is 47.4 Å². The summed E-state index contributed by atoms with van der Waals surface area (Å²) in [6.45, 7) is 10.8. The summed E-state index contributed by atoms with van der Waals surface area (Å²) in [6, 6.07) is 7.99. The van der Waals surface area contributed by atoms with E-state index in [1.54, 1.807) is 0 Å². The number of anilines is 1. The molecular formula is C18H26N3O+. The highest BCUT2D eigenvalue weighted by atomic mass is 16.2. The second kappa shape index (κ2) is 7.36. The van der Waals surface area contributed by atoms with Gasteiger partial charge in [0, 0.05) is 11.1 Å². The van der Waals surface area contributed by atoms with Gasteiger partial charge >= 0.3 is 0 Å². The van der Waals surface area contributed by atoms with Crippen LogP contribution < -0.4 is 10.2 Å². The van der Waals surface area contributed by atoms with E-state index in [0.29, 0.717) is 6.54 Å². The summed E-state index contributed by atoms with van der Waals surface area (Å²) < 4.78 is 0. The Labute approximate surface area is 132 Å². The number of hydrogen-bond acceptors (Lipinski definition) is 2. The van der Waals surface area contributed by atoms with E-state index < -0.39 is 0 Å². The first-order valence-electron chi connectivity index (χ1n) is 8.12. The lowest BCUT2D eigenvalue weighted by molar-refractivity contribution is -0.888. The molecule has 22 heavy (non-hydrogen) atoms. The van der Waals surface area contributed by atoms with Gasteiger partial charge in [-0.1, -0.05) is 25.1 Å². The number of pyridine rings is 1. The molecule has 0 aliphatic heterocycles. The van der Waals surface area contributed by atoms with Gasteiger partial charge in [0.2, 0.25) is 0 Å². The second-order valence-corrected chi connectivity index (χ2v) is 5.61. The Bertz CT molecular complexity index is 663. The number of para-hydroxylation sites is 1. The Hall–Kier alpha value is -1.94. The van der Waals surface area contributed by atoms with Crippen molar-refractivity contribution in [3.63, 3.8) is 0 Å². The molecule has 1 heterocycles. The molecule has 2 aromatic rings. The first-order chi connectivity index (χ1) is 10.6. The Balaban J connectivity index is 2.37. The monoisotopic (exact) mass is 300 g/mol. The van der Waals surface area contributed by atoms with Crippen molar-refractivity contribution in [3.8, 4) is 0 Å². The lowest BCUT2D eigenvalue weighted by Gasteiger charge is -2.17. The maximum absolute atomic E-state index is 12.4. The van der Waals surface area contributed by atoms with E-state index in [4.69, 9.17) is 4.98 Å². The molecule has 0 unspecified atom stereocenters. The largest absolute Gasteiger partial charge is 0.328 e. The lowest BCUT2D eigenvalue weighted by atomic mass is 10.1. The Kier molecular flexibility index (Phi) is 5.50. The topological polar surface area (TPSA) is 46.4 Å². The molecule has 4 nitrogen and oxygen atoms in total. The number of benzene rings is 1. The van der Waals surface area contributed by atoms with Crippen molar-refractivity contribution >= 4 is 22.5 Å². The summed E-state index contributed by atoms with van der Waals surface area (Å²) in [4.78, 5) is 18.4. The van der Waals surface area contributed by atoms with Crippen LogP contribution in [0.4, 0.5) is 5.69 Å². The number of aryl methyl sites for hydroxylation is 1. The van der Waals surface area contributed by atoms with Crippen LogP contribution in [0.1, 0.15) is 32.0 Å². The van der Waals surface area contributed by atoms with Gasteiger partial charge in [-0.2, -0.15) is 0 Å². The molecule has 2 N–H and O–H groups in total. The van der Waals surface area contributed by atoms with Crippen LogP contribution in [0.25, 0.3) is 10.9 Å². The minimum absolute atomic E-state index is 0.0696. The van der Waals surface area contributed by atoms with Gasteiger partial charge in [-0.25, -0.2) is 0 Å². The third kappa shape index (κ3) is 3.45. The molecule has 0 saturated heterocycles. The summed E-state index contributed by atoms with van der Waals surface area (Å²) in [5.41, 5.74) is 3.97. The van der Waals surface area contributed by atoms with Crippen LogP contribution in [0.3, 0.4) is 0 Å². The van der Waals surface area contributed by atoms with Gasteiger partial charge in [0.25, 0.3) is 5.91 Å². The number of quaternary nitrogens is 1. The quantitative estimate of drug-likeness (QED) is 0.857. The zero-order chi connectivity index (χ0) is 16.1. The first-order valence-corrected chi connectivity index (χ1v) is 8.12. The van der Waals surface area contributed by atoms with E-state index in [-0.39, 0.29) is 5.91 Å². The van der Waals surface area contributed by atoms with E-state index in [1.807, 2.05) is 31.2 Å². The summed E-state index contributed by atoms with van der Waals surface area (Å²) in [5.74, 6) is 0.0696. The molecule has 2 rings (SSSR count). The summed E-state index contributed by atoms with van der Waals surface area (Å²) in [7, 11) is 0. The van der Waals surface area contributed by atoms with Crippen LogP contribution >= 0.6 is 0 Å². The molecule has 0 aliphatic rings. The number of fused-ring (bicyclic) bond motifs is 1. The van der Waals surface area contributed by atoms with Crippen molar-refractivity contribution in [2.75, 3.05) is 25.0 Å². The molecule has 1 aromatic heterocycles. The van der Waals surface area contributed by atoms with Gasteiger partial charge in [-0.05, 0) is 38.8 Å². The molecule has 0 aliphatic carbocycles. The average molecular weight is 300 g/mol. The molecule has 0 atom stereocenters. The van der Waals surface area contributed by atoms with Crippen LogP contribution in [-0.4, -0.2) is 30.5 Å². The molecule has 0 radical (unpaired) electrons. The molecule has 0 spiro atoms. The molecule has 0 saturated carbocycles. The van der Waals surface area contributed by atoms with Crippen LogP contribution in [0.5, 0.6) is 0 Å². The van der Waals surface area contributed by atoms with Crippen molar-refractivity contribution < 1.29 is 9.69 Å². The summed E-state index contributed by atoms with van der Waals surface area (Å²) in [5, 5.41) is 4.14. The first kappa shape index (κ1) is 16.4. The number of carbonyl (C=O) groups excluding carboxylic acids is 1. The number of likely N-dealkylation sites (N-methyl/N-ethyl adjacent to an activating group) is 1. The average Bonchev–Trinajstić information content (AvgIpc) is 2.54. The van der Waals surface area contributed by atoms with Gasteiger partial charge in [0.05, 0.1) is 24.3 Å². The van der Waals surface area contributed by atoms with Crippen molar-refractivity contribution in [3.05, 3.63) is 35.5 Å². The van der Waals surface area contributed by atoms with Crippen molar-refractivity contribution in [2.45, 2.75) is 34.1 Å². The standard InChI is InChI=1S/C18H25N3O/c1-5-15-13(4)18(14-10-8-9-11-16(14)19-15)20-17(22)12-21(6-2)7-3/h8-11H,5-7,12H2,1-4H3,(H,19,20,22)/p+1. The van der Waals surface area contributed by atoms with Crippen LogP contribution in [0.15, 0.2) is 24.3 Å². The van der Waals surface area contributed by atoms with Gasteiger partial charge in [0.15, 0.2) is 6.54 Å². The third-order valence-electron chi connectivity index (χ3n) is 4.25. The van der Waals surface area contributed by atoms with Crippen LogP contribution in [0.2, 0.25) is 0 Å². The SMILES string of the molecule is CCc1nc2ccccc2c(NC(=O)C[NH+](CC)CC)c1C. The van der Waals surface area contributed by atoms with Crippen molar-refractivity contribution in [1.29, 1.82) is 0 Å². The van der Waals surface area contributed by atoms with Gasteiger partial charge < -0.3 is 10.2 Å².